The first-order chi connectivity index (χ1) is 11.1. The Balaban J connectivity index is 2.62. The summed E-state index contributed by atoms with van der Waals surface area (Å²) < 4.78 is 11.4. The molecule has 0 radical (unpaired) electrons. The lowest BCUT2D eigenvalue weighted by Gasteiger charge is -2.19. The summed E-state index contributed by atoms with van der Waals surface area (Å²) in [6.07, 6.45) is 1.21. The highest BCUT2D eigenvalue weighted by atomic mass is 16.6. The van der Waals surface area contributed by atoms with E-state index >= 15 is 0 Å². The van der Waals surface area contributed by atoms with Gasteiger partial charge >= 0.3 is 12.1 Å². The van der Waals surface area contributed by atoms with Crippen LogP contribution in [0.25, 0.3) is 0 Å². The molecule has 1 N–H and O–H groups in total. The van der Waals surface area contributed by atoms with Gasteiger partial charge < -0.3 is 19.4 Å². The van der Waals surface area contributed by atoms with Gasteiger partial charge in [0.2, 0.25) is 0 Å². The molecule has 9 nitrogen and oxygen atoms in total. The number of hydrogen-bond donors (Lipinski definition) is 1. The predicted molar refractivity (Wildman–Crippen MR) is 85.9 cm³/mol. The summed E-state index contributed by atoms with van der Waals surface area (Å²) in [7, 11) is 0. The van der Waals surface area contributed by atoms with Crippen molar-refractivity contribution in [1.82, 2.24) is 9.88 Å². The highest BCUT2D eigenvalue weighted by molar-refractivity contribution is 5.88. The third kappa shape index (κ3) is 6.27. The number of carbonyl (C=O) groups excluding carboxylic acids is 2. The number of aromatic nitrogens is 1. The zero-order chi connectivity index (χ0) is 18.3. The van der Waals surface area contributed by atoms with Gasteiger partial charge in [0.25, 0.3) is 5.69 Å². The van der Waals surface area contributed by atoms with Gasteiger partial charge in [0, 0.05) is 19.2 Å². The molecular formula is C15H23N3O6. The molecular weight excluding hydrogens is 318 g/mol. The summed E-state index contributed by atoms with van der Waals surface area (Å²) in [6, 6.07) is 1.18. The van der Waals surface area contributed by atoms with Crippen molar-refractivity contribution >= 4 is 17.7 Å². The molecule has 0 fully saturated rings. The van der Waals surface area contributed by atoms with E-state index in [1.54, 1.807) is 27.7 Å². The normalized spacial score (nSPS) is 11.0. The van der Waals surface area contributed by atoms with E-state index in [0.717, 1.165) is 0 Å². The molecule has 9 heteroatoms. The lowest BCUT2D eigenvalue weighted by Crippen LogP contribution is -2.33. The Morgan fingerprint density at radius 1 is 1.38 bits per heavy atom. The minimum Gasteiger partial charge on any atom is -0.461 e. The summed E-state index contributed by atoms with van der Waals surface area (Å²) in [5.74, 6) is -0.620. The van der Waals surface area contributed by atoms with Crippen molar-refractivity contribution in [2.24, 2.45) is 0 Å². The standard InChI is InChI=1S/C15H23N3O6/c1-5-23-13(19)12-9-11(18(21)22)10-17(12)8-6-7-16-14(20)24-15(2,3)4/h9-10H,5-8H2,1-4H3,(H,16,20). The minimum atomic E-state index is -0.620. The van der Waals surface area contributed by atoms with E-state index in [1.165, 1.54) is 16.8 Å². The van der Waals surface area contributed by atoms with Crippen molar-refractivity contribution < 1.29 is 24.0 Å². The summed E-state index contributed by atoms with van der Waals surface area (Å²) >= 11 is 0. The molecule has 134 valence electrons. The van der Waals surface area contributed by atoms with Gasteiger partial charge in [0.15, 0.2) is 0 Å². The molecule has 0 bridgehead atoms. The van der Waals surface area contributed by atoms with Crippen molar-refractivity contribution in [3.05, 3.63) is 28.1 Å². The highest BCUT2D eigenvalue weighted by Crippen LogP contribution is 2.18. The zero-order valence-electron chi connectivity index (χ0n) is 14.3. The summed E-state index contributed by atoms with van der Waals surface area (Å²) in [6.45, 7) is 7.74. The molecule has 0 saturated carbocycles. The maximum atomic E-state index is 11.8. The lowest BCUT2D eigenvalue weighted by molar-refractivity contribution is -0.384. The number of amides is 1. The molecule has 0 saturated heterocycles. The number of rotatable bonds is 7. The number of esters is 1. The van der Waals surface area contributed by atoms with E-state index in [0.29, 0.717) is 19.5 Å². The predicted octanol–water partition coefficient (Wildman–Crippen LogP) is 2.49. The second-order valence-electron chi connectivity index (χ2n) is 6.04. The minimum absolute atomic E-state index is 0.112. The Bertz CT molecular complexity index is 603. The van der Waals surface area contributed by atoms with Gasteiger partial charge in [-0.2, -0.15) is 0 Å². The Morgan fingerprint density at radius 2 is 2.04 bits per heavy atom. The molecule has 1 amide bonds. The van der Waals surface area contributed by atoms with Crippen LogP contribution >= 0.6 is 0 Å². The molecule has 0 atom stereocenters. The number of carbonyl (C=O) groups is 2. The van der Waals surface area contributed by atoms with Gasteiger partial charge in [0.1, 0.15) is 11.3 Å². The average molecular weight is 341 g/mol. The van der Waals surface area contributed by atoms with Gasteiger partial charge in [0.05, 0.1) is 17.7 Å². The molecule has 0 aliphatic rings. The van der Waals surface area contributed by atoms with Crippen LogP contribution in [-0.2, 0) is 16.0 Å². The molecule has 24 heavy (non-hydrogen) atoms. The van der Waals surface area contributed by atoms with Gasteiger partial charge in [-0.25, -0.2) is 9.59 Å². The number of alkyl carbamates (subject to hydrolysis) is 1. The van der Waals surface area contributed by atoms with Crippen molar-refractivity contribution in [2.45, 2.75) is 46.3 Å². The van der Waals surface area contributed by atoms with Crippen LogP contribution in [0.5, 0.6) is 0 Å². The maximum absolute atomic E-state index is 11.8. The number of nitrogens with one attached hydrogen (secondary N) is 1. The van der Waals surface area contributed by atoms with E-state index in [2.05, 4.69) is 5.32 Å². The molecule has 0 aromatic carbocycles. The Hall–Kier alpha value is -2.58. The van der Waals surface area contributed by atoms with Crippen LogP contribution in [0, 0.1) is 10.1 Å². The molecule has 1 aromatic rings. The Kier molecular flexibility index (Phi) is 6.75. The van der Waals surface area contributed by atoms with Crippen LogP contribution in [-0.4, -0.2) is 40.3 Å². The molecule has 0 aliphatic carbocycles. The topological polar surface area (TPSA) is 113 Å². The zero-order valence-corrected chi connectivity index (χ0v) is 14.3. The molecule has 0 unspecified atom stereocenters. The Labute approximate surface area is 140 Å². The van der Waals surface area contributed by atoms with Crippen molar-refractivity contribution in [1.29, 1.82) is 0 Å². The SMILES string of the molecule is CCOC(=O)c1cc([N+](=O)[O-])cn1CCCNC(=O)OC(C)(C)C. The molecule has 1 heterocycles. The second kappa shape index (κ2) is 8.32. The quantitative estimate of drug-likeness (QED) is 0.353. The summed E-state index contributed by atoms with van der Waals surface area (Å²) in [5, 5.41) is 13.5. The monoisotopic (exact) mass is 341 g/mol. The molecule has 0 spiro atoms. The smallest absolute Gasteiger partial charge is 0.407 e. The fraction of sp³-hybridized carbons (Fsp3) is 0.600. The number of hydrogen-bond acceptors (Lipinski definition) is 6. The van der Waals surface area contributed by atoms with Crippen LogP contribution in [0.4, 0.5) is 10.5 Å². The molecule has 1 aromatic heterocycles. The van der Waals surface area contributed by atoms with Crippen molar-refractivity contribution in [2.75, 3.05) is 13.2 Å². The largest absolute Gasteiger partial charge is 0.461 e. The maximum Gasteiger partial charge on any atom is 0.407 e. The third-order valence-corrected chi connectivity index (χ3v) is 2.82. The van der Waals surface area contributed by atoms with E-state index in [1.807, 2.05) is 0 Å². The number of nitrogens with zero attached hydrogens (tertiary/aromatic N) is 2. The van der Waals surface area contributed by atoms with Gasteiger partial charge in [-0.3, -0.25) is 10.1 Å². The fourth-order valence-corrected chi connectivity index (χ4v) is 1.91. The third-order valence-electron chi connectivity index (χ3n) is 2.82. The van der Waals surface area contributed by atoms with Gasteiger partial charge in [-0.15, -0.1) is 0 Å². The van der Waals surface area contributed by atoms with Crippen molar-refractivity contribution in [3.63, 3.8) is 0 Å². The van der Waals surface area contributed by atoms with Crippen LogP contribution in [0.1, 0.15) is 44.6 Å². The van der Waals surface area contributed by atoms with Crippen molar-refractivity contribution in [3.8, 4) is 0 Å². The number of aryl methyl sites for hydroxylation is 1. The molecule has 1 rings (SSSR count). The fourth-order valence-electron chi connectivity index (χ4n) is 1.91. The number of nitro groups is 1. The first-order valence-electron chi connectivity index (χ1n) is 7.62. The lowest BCUT2D eigenvalue weighted by atomic mass is 10.2. The van der Waals surface area contributed by atoms with Gasteiger partial charge in [-0.05, 0) is 34.1 Å². The van der Waals surface area contributed by atoms with Gasteiger partial charge in [-0.1, -0.05) is 0 Å². The van der Waals surface area contributed by atoms with E-state index in [4.69, 9.17) is 9.47 Å². The first-order valence-corrected chi connectivity index (χ1v) is 7.62. The first kappa shape index (κ1) is 19.5. The second-order valence-corrected chi connectivity index (χ2v) is 6.04. The highest BCUT2D eigenvalue weighted by Gasteiger charge is 2.20. The molecule has 0 aliphatic heterocycles. The van der Waals surface area contributed by atoms with Crippen LogP contribution < -0.4 is 5.32 Å². The number of ether oxygens (including phenoxy) is 2. The van der Waals surface area contributed by atoms with Crippen LogP contribution in [0.15, 0.2) is 12.3 Å². The summed E-state index contributed by atoms with van der Waals surface area (Å²) in [5.41, 5.74) is -0.652. The average Bonchev–Trinajstić information content (AvgIpc) is 2.86. The van der Waals surface area contributed by atoms with E-state index in [9.17, 15) is 19.7 Å². The summed E-state index contributed by atoms with van der Waals surface area (Å²) in [4.78, 5) is 33.7. The van der Waals surface area contributed by atoms with Crippen LogP contribution in [0.3, 0.4) is 0 Å². The van der Waals surface area contributed by atoms with Crippen LogP contribution in [0.2, 0.25) is 0 Å². The Morgan fingerprint density at radius 3 is 2.58 bits per heavy atom. The van der Waals surface area contributed by atoms with E-state index < -0.39 is 22.6 Å². The van der Waals surface area contributed by atoms with E-state index in [-0.39, 0.29) is 18.0 Å².